The van der Waals surface area contributed by atoms with E-state index in [1.807, 2.05) is 0 Å². The Morgan fingerprint density at radius 3 is 2.71 bits per heavy atom. The van der Waals surface area contributed by atoms with E-state index in [1.165, 1.54) is 25.3 Å². The van der Waals surface area contributed by atoms with Crippen LogP contribution in [0.2, 0.25) is 0 Å². The van der Waals surface area contributed by atoms with Crippen LogP contribution in [-0.2, 0) is 0 Å². The molecule has 0 amide bonds. The highest BCUT2D eigenvalue weighted by molar-refractivity contribution is 5.38. The van der Waals surface area contributed by atoms with Crippen LogP contribution < -0.4 is 4.74 Å². The minimum absolute atomic E-state index is 0.402. The molecule has 76 valence electrons. The standard InChI is InChI=1S/C11H13FO2/c1-7(2)11(13)9-6-8(12)4-5-10(9)14-3/h4-6,11,13H,1H2,2-3H3. The average Bonchev–Trinajstić information content (AvgIpc) is 2.16. The van der Waals surface area contributed by atoms with Crippen molar-refractivity contribution in [3.05, 3.63) is 41.7 Å². The first-order valence-corrected chi connectivity index (χ1v) is 4.23. The number of methoxy groups -OCH3 is 1. The van der Waals surface area contributed by atoms with E-state index in [2.05, 4.69) is 6.58 Å². The maximum Gasteiger partial charge on any atom is 0.125 e. The van der Waals surface area contributed by atoms with E-state index in [0.29, 0.717) is 16.9 Å². The zero-order chi connectivity index (χ0) is 10.7. The molecule has 2 nitrogen and oxygen atoms in total. The second kappa shape index (κ2) is 4.24. The molecular formula is C11H13FO2. The molecular weight excluding hydrogens is 183 g/mol. The van der Waals surface area contributed by atoms with E-state index in [0.717, 1.165) is 0 Å². The van der Waals surface area contributed by atoms with Crippen LogP contribution in [0.3, 0.4) is 0 Å². The number of aliphatic hydroxyl groups is 1. The Labute approximate surface area is 82.6 Å². The molecule has 1 rings (SSSR count). The van der Waals surface area contributed by atoms with Crippen molar-refractivity contribution in [1.82, 2.24) is 0 Å². The second-order valence-corrected chi connectivity index (χ2v) is 3.14. The molecule has 3 heteroatoms. The first kappa shape index (κ1) is 10.7. The summed E-state index contributed by atoms with van der Waals surface area (Å²) < 4.78 is 17.9. The van der Waals surface area contributed by atoms with Gasteiger partial charge in [-0.25, -0.2) is 4.39 Å². The number of rotatable bonds is 3. The third-order valence-corrected chi connectivity index (χ3v) is 1.95. The van der Waals surface area contributed by atoms with Gasteiger partial charge in [0.2, 0.25) is 0 Å². The van der Waals surface area contributed by atoms with E-state index in [9.17, 15) is 9.50 Å². The zero-order valence-corrected chi connectivity index (χ0v) is 8.25. The maximum atomic E-state index is 12.9. The Balaban J connectivity index is 3.16. The first-order chi connectivity index (χ1) is 6.56. The predicted octanol–water partition coefficient (Wildman–Crippen LogP) is 2.44. The highest BCUT2D eigenvalue weighted by Gasteiger charge is 2.14. The third-order valence-electron chi connectivity index (χ3n) is 1.95. The number of aliphatic hydroxyl groups excluding tert-OH is 1. The summed E-state index contributed by atoms with van der Waals surface area (Å²) in [6.07, 6.45) is -0.888. The molecule has 0 aliphatic carbocycles. The van der Waals surface area contributed by atoms with Crippen molar-refractivity contribution in [2.75, 3.05) is 7.11 Å². The largest absolute Gasteiger partial charge is 0.496 e. The number of ether oxygens (including phenoxy) is 1. The lowest BCUT2D eigenvalue weighted by atomic mass is 10.0. The smallest absolute Gasteiger partial charge is 0.125 e. The van der Waals surface area contributed by atoms with Gasteiger partial charge in [0.1, 0.15) is 17.7 Å². The molecule has 14 heavy (non-hydrogen) atoms. The third kappa shape index (κ3) is 2.12. The normalized spacial score (nSPS) is 12.3. The van der Waals surface area contributed by atoms with Gasteiger partial charge in [0.05, 0.1) is 7.11 Å². The molecule has 0 aromatic heterocycles. The lowest BCUT2D eigenvalue weighted by molar-refractivity contribution is 0.210. The van der Waals surface area contributed by atoms with Crippen LogP contribution in [-0.4, -0.2) is 12.2 Å². The van der Waals surface area contributed by atoms with E-state index in [1.54, 1.807) is 6.92 Å². The Morgan fingerprint density at radius 1 is 1.57 bits per heavy atom. The van der Waals surface area contributed by atoms with Gasteiger partial charge >= 0.3 is 0 Å². The zero-order valence-electron chi connectivity index (χ0n) is 8.25. The van der Waals surface area contributed by atoms with Crippen LogP contribution in [0.5, 0.6) is 5.75 Å². The molecule has 1 unspecified atom stereocenters. The van der Waals surface area contributed by atoms with Gasteiger partial charge in [-0.1, -0.05) is 6.58 Å². The molecule has 1 atom stereocenters. The van der Waals surface area contributed by atoms with E-state index in [-0.39, 0.29) is 0 Å². The Hall–Kier alpha value is -1.35. The van der Waals surface area contributed by atoms with Gasteiger partial charge in [-0.15, -0.1) is 0 Å². The summed E-state index contributed by atoms with van der Waals surface area (Å²) in [6.45, 7) is 5.28. The topological polar surface area (TPSA) is 29.5 Å². The first-order valence-electron chi connectivity index (χ1n) is 4.23. The molecule has 1 aromatic rings. The summed E-state index contributed by atoms with van der Waals surface area (Å²) in [7, 11) is 1.47. The SMILES string of the molecule is C=C(C)C(O)c1cc(F)ccc1OC. The molecule has 0 fully saturated rings. The van der Waals surface area contributed by atoms with Gasteiger partial charge in [0, 0.05) is 5.56 Å². The van der Waals surface area contributed by atoms with Gasteiger partial charge in [0.25, 0.3) is 0 Å². The summed E-state index contributed by atoms with van der Waals surface area (Å²) in [5.74, 6) is 0.0583. The van der Waals surface area contributed by atoms with Crippen molar-refractivity contribution in [3.63, 3.8) is 0 Å². The number of hydrogen-bond acceptors (Lipinski definition) is 2. The fourth-order valence-electron chi connectivity index (χ4n) is 1.18. The summed E-state index contributed by atoms with van der Waals surface area (Å²) in [6, 6.07) is 4.02. The summed E-state index contributed by atoms with van der Waals surface area (Å²) in [5, 5.41) is 9.69. The predicted molar refractivity (Wildman–Crippen MR) is 52.7 cm³/mol. The van der Waals surface area contributed by atoms with Crippen LogP contribution in [0.4, 0.5) is 4.39 Å². The van der Waals surface area contributed by atoms with E-state index < -0.39 is 11.9 Å². The number of hydrogen-bond donors (Lipinski definition) is 1. The second-order valence-electron chi connectivity index (χ2n) is 3.14. The van der Waals surface area contributed by atoms with Crippen molar-refractivity contribution in [1.29, 1.82) is 0 Å². The fourth-order valence-corrected chi connectivity index (χ4v) is 1.18. The summed E-state index contributed by atoms with van der Waals surface area (Å²) in [5.41, 5.74) is 0.953. The number of halogens is 1. The minimum Gasteiger partial charge on any atom is -0.496 e. The molecule has 0 bridgehead atoms. The van der Waals surface area contributed by atoms with Crippen LogP contribution in [0.1, 0.15) is 18.6 Å². The van der Waals surface area contributed by atoms with E-state index in [4.69, 9.17) is 4.74 Å². The monoisotopic (exact) mass is 196 g/mol. The fraction of sp³-hybridized carbons (Fsp3) is 0.273. The van der Waals surface area contributed by atoms with Crippen LogP contribution in [0, 0.1) is 5.82 Å². The molecule has 0 radical (unpaired) electrons. The van der Waals surface area contributed by atoms with Gasteiger partial charge < -0.3 is 9.84 Å². The molecule has 0 saturated carbocycles. The summed E-state index contributed by atoms with van der Waals surface area (Å²) in [4.78, 5) is 0. The van der Waals surface area contributed by atoms with Crippen molar-refractivity contribution >= 4 is 0 Å². The summed E-state index contributed by atoms with van der Waals surface area (Å²) >= 11 is 0. The highest BCUT2D eigenvalue weighted by atomic mass is 19.1. The van der Waals surface area contributed by atoms with Gasteiger partial charge in [-0.2, -0.15) is 0 Å². The Morgan fingerprint density at radius 2 is 2.21 bits per heavy atom. The molecule has 1 N–H and O–H groups in total. The van der Waals surface area contributed by atoms with Crippen molar-refractivity contribution in [2.45, 2.75) is 13.0 Å². The lowest BCUT2D eigenvalue weighted by Crippen LogP contribution is -2.01. The molecule has 0 heterocycles. The molecule has 0 spiro atoms. The van der Waals surface area contributed by atoms with Crippen molar-refractivity contribution in [3.8, 4) is 5.75 Å². The van der Waals surface area contributed by atoms with Crippen molar-refractivity contribution in [2.24, 2.45) is 0 Å². The van der Waals surface area contributed by atoms with Gasteiger partial charge in [-0.3, -0.25) is 0 Å². The Bertz CT molecular complexity index is 347. The van der Waals surface area contributed by atoms with Crippen LogP contribution >= 0.6 is 0 Å². The van der Waals surface area contributed by atoms with Gasteiger partial charge in [0.15, 0.2) is 0 Å². The van der Waals surface area contributed by atoms with Crippen LogP contribution in [0.25, 0.3) is 0 Å². The minimum atomic E-state index is -0.888. The number of benzene rings is 1. The molecule has 0 aliphatic rings. The van der Waals surface area contributed by atoms with Crippen LogP contribution in [0.15, 0.2) is 30.4 Å². The van der Waals surface area contributed by atoms with Crippen molar-refractivity contribution < 1.29 is 14.2 Å². The Kier molecular flexibility index (Phi) is 3.25. The lowest BCUT2D eigenvalue weighted by Gasteiger charge is -2.14. The van der Waals surface area contributed by atoms with E-state index >= 15 is 0 Å². The quantitative estimate of drug-likeness (QED) is 0.752. The van der Waals surface area contributed by atoms with Gasteiger partial charge in [-0.05, 0) is 30.7 Å². The molecule has 1 aromatic carbocycles. The molecule has 0 saturated heterocycles. The molecule has 0 aliphatic heterocycles. The average molecular weight is 196 g/mol. The highest BCUT2D eigenvalue weighted by Crippen LogP contribution is 2.29. The maximum absolute atomic E-state index is 12.9.